The highest BCUT2D eigenvalue weighted by molar-refractivity contribution is 5.92. The fourth-order valence-corrected chi connectivity index (χ4v) is 1.76. The van der Waals surface area contributed by atoms with Crippen LogP contribution in [0.3, 0.4) is 0 Å². The van der Waals surface area contributed by atoms with E-state index in [0.717, 1.165) is 16.8 Å². The Bertz CT molecular complexity index is 626. The van der Waals surface area contributed by atoms with Crippen LogP contribution in [0, 0.1) is 19.7 Å². The van der Waals surface area contributed by atoms with Crippen LogP contribution < -0.4 is 10.1 Å². The molecule has 0 aliphatic carbocycles. The molecule has 4 heteroatoms. The maximum Gasteiger partial charge on any atom is 0.262 e. The summed E-state index contributed by atoms with van der Waals surface area (Å²) in [6, 6.07) is 11.5. The van der Waals surface area contributed by atoms with Crippen molar-refractivity contribution in [3.63, 3.8) is 0 Å². The number of hydrogen-bond donors (Lipinski definition) is 1. The molecule has 20 heavy (non-hydrogen) atoms. The fraction of sp³-hybridized carbons (Fsp3) is 0.188. The second-order valence-electron chi connectivity index (χ2n) is 4.61. The first-order chi connectivity index (χ1) is 9.54. The van der Waals surface area contributed by atoms with Crippen LogP contribution in [0.1, 0.15) is 11.1 Å². The van der Waals surface area contributed by atoms with Gasteiger partial charge in [0.05, 0.1) is 0 Å². The predicted molar refractivity (Wildman–Crippen MR) is 76.4 cm³/mol. The van der Waals surface area contributed by atoms with Crippen LogP contribution in [0.2, 0.25) is 0 Å². The van der Waals surface area contributed by atoms with Crippen LogP contribution in [0.25, 0.3) is 0 Å². The lowest BCUT2D eigenvalue weighted by molar-refractivity contribution is -0.118. The van der Waals surface area contributed by atoms with E-state index in [-0.39, 0.29) is 12.5 Å². The summed E-state index contributed by atoms with van der Waals surface area (Å²) in [4.78, 5) is 11.8. The number of carbonyl (C=O) groups is 1. The van der Waals surface area contributed by atoms with Gasteiger partial charge >= 0.3 is 0 Å². The molecule has 2 aromatic rings. The van der Waals surface area contributed by atoms with E-state index in [1.165, 1.54) is 18.2 Å². The number of carbonyl (C=O) groups excluding carboxylic acids is 1. The van der Waals surface area contributed by atoms with Gasteiger partial charge < -0.3 is 10.1 Å². The summed E-state index contributed by atoms with van der Waals surface area (Å²) in [5.74, 6) is -0.332. The fourth-order valence-electron chi connectivity index (χ4n) is 1.76. The van der Waals surface area contributed by atoms with E-state index in [4.69, 9.17) is 4.74 Å². The van der Waals surface area contributed by atoms with Crippen LogP contribution in [0.5, 0.6) is 5.75 Å². The third-order valence-electron chi connectivity index (χ3n) is 2.83. The van der Waals surface area contributed by atoms with E-state index >= 15 is 0 Å². The molecule has 0 spiro atoms. The average Bonchev–Trinajstić information content (AvgIpc) is 2.41. The number of anilines is 1. The maximum atomic E-state index is 13.0. The van der Waals surface area contributed by atoms with Crippen LogP contribution in [-0.4, -0.2) is 12.5 Å². The molecule has 3 nitrogen and oxygen atoms in total. The molecule has 1 amide bonds. The van der Waals surface area contributed by atoms with Crippen molar-refractivity contribution in [2.75, 3.05) is 11.9 Å². The quantitative estimate of drug-likeness (QED) is 0.926. The van der Waals surface area contributed by atoms with Crippen LogP contribution in [0.4, 0.5) is 10.1 Å². The number of halogens is 1. The zero-order valence-electron chi connectivity index (χ0n) is 11.4. The molecule has 104 valence electrons. The Morgan fingerprint density at radius 3 is 2.75 bits per heavy atom. The summed E-state index contributed by atoms with van der Waals surface area (Å²) in [6.07, 6.45) is 0. The molecule has 0 heterocycles. The molecule has 0 unspecified atom stereocenters. The standard InChI is InChI=1S/C16H16FNO2/c1-11-6-7-12(2)15(8-11)18-16(19)10-20-14-5-3-4-13(17)9-14/h3-9H,10H2,1-2H3,(H,18,19). The molecular weight excluding hydrogens is 257 g/mol. The minimum atomic E-state index is -0.391. The summed E-state index contributed by atoms with van der Waals surface area (Å²) in [5, 5.41) is 2.78. The number of aryl methyl sites for hydroxylation is 2. The Balaban J connectivity index is 1.94. The third kappa shape index (κ3) is 3.82. The highest BCUT2D eigenvalue weighted by Gasteiger charge is 2.06. The largest absolute Gasteiger partial charge is 0.484 e. The SMILES string of the molecule is Cc1ccc(C)c(NC(=O)COc2cccc(F)c2)c1. The molecular formula is C16H16FNO2. The van der Waals surface area contributed by atoms with Crippen LogP contribution in [0.15, 0.2) is 42.5 Å². The molecule has 0 atom stereocenters. The summed E-state index contributed by atoms with van der Waals surface area (Å²) >= 11 is 0. The maximum absolute atomic E-state index is 13.0. The Labute approximate surface area is 117 Å². The van der Waals surface area contributed by atoms with E-state index in [2.05, 4.69) is 5.32 Å². The topological polar surface area (TPSA) is 38.3 Å². The van der Waals surface area contributed by atoms with Gasteiger partial charge in [-0.2, -0.15) is 0 Å². The van der Waals surface area contributed by atoms with Gasteiger partial charge in [0.2, 0.25) is 0 Å². The van der Waals surface area contributed by atoms with Crippen molar-refractivity contribution in [1.82, 2.24) is 0 Å². The lowest BCUT2D eigenvalue weighted by Crippen LogP contribution is -2.20. The zero-order chi connectivity index (χ0) is 14.5. The normalized spacial score (nSPS) is 10.2. The molecule has 1 N–H and O–H groups in total. The van der Waals surface area contributed by atoms with Crippen molar-refractivity contribution in [1.29, 1.82) is 0 Å². The lowest BCUT2D eigenvalue weighted by Gasteiger charge is -2.10. The molecule has 2 rings (SSSR count). The van der Waals surface area contributed by atoms with E-state index in [0.29, 0.717) is 5.75 Å². The summed E-state index contributed by atoms with van der Waals surface area (Å²) in [5.41, 5.74) is 2.81. The molecule has 0 aliphatic heterocycles. The second-order valence-corrected chi connectivity index (χ2v) is 4.61. The molecule has 0 radical (unpaired) electrons. The van der Waals surface area contributed by atoms with Crippen molar-refractivity contribution >= 4 is 11.6 Å². The van der Waals surface area contributed by atoms with Gasteiger partial charge in [-0.15, -0.1) is 0 Å². The lowest BCUT2D eigenvalue weighted by atomic mass is 10.1. The van der Waals surface area contributed by atoms with Gasteiger partial charge in [0, 0.05) is 11.8 Å². The minimum absolute atomic E-state index is 0.156. The highest BCUT2D eigenvalue weighted by Crippen LogP contribution is 2.16. The number of amides is 1. The van der Waals surface area contributed by atoms with E-state index in [9.17, 15) is 9.18 Å². The highest BCUT2D eigenvalue weighted by atomic mass is 19.1. The molecule has 2 aromatic carbocycles. The van der Waals surface area contributed by atoms with E-state index in [1.807, 2.05) is 32.0 Å². The zero-order valence-corrected chi connectivity index (χ0v) is 11.4. The van der Waals surface area contributed by atoms with E-state index < -0.39 is 5.82 Å². The Morgan fingerprint density at radius 2 is 2.00 bits per heavy atom. The van der Waals surface area contributed by atoms with Gasteiger partial charge in [0.25, 0.3) is 5.91 Å². The Morgan fingerprint density at radius 1 is 1.20 bits per heavy atom. The van der Waals surface area contributed by atoms with Gasteiger partial charge in [-0.3, -0.25) is 4.79 Å². The van der Waals surface area contributed by atoms with Gasteiger partial charge in [0.1, 0.15) is 11.6 Å². The summed E-state index contributed by atoms with van der Waals surface area (Å²) in [7, 11) is 0. The Kier molecular flexibility index (Phi) is 4.35. The molecule has 0 aliphatic rings. The van der Waals surface area contributed by atoms with Gasteiger partial charge in [-0.1, -0.05) is 18.2 Å². The number of hydrogen-bond acceptors (Lipinski definition) is 2. The predicted octanol–water partition coefficient (Wildman–Crippen LogP) is 3.46. The van der Waals surface area contributed by atoms with Crippen molar-refractivity contribution < 1.29 is 13.9 Å². The minimum Gasteiger partial charge on any atom is -0.484 e. The van der Waals surface area contributed by atoms with Gasteiger partial charge in [-0.25, -0.2) is 4.39 Å². The van der Waals surface area contributed by atoms with Gasteiger partial charge in [0.15, 0.2) is 6.61 Å². The van der Waals surface area contributed by atoms with Gasteiger partial charge in [-0.05, 0) is 43.2 Å². The Hall–Kier alpha value is -2.36. The monoisotopic (exact) mass is 273 g/mol. The molecule has 0 aromatic heterocycles. The number of nitrogens with one attached hydrogen (secondary N) is 1. The van der Waals surface area contributed by atoms with Crippen molar-refractivity contribution in [2.45, 2.75) is 13.8 Å². The third-order valence-corrected chi connectivity index (χ3v) is 2.83. The van der Waals surface area contributed by atoms with Crippen molar-refractivity contribution in [3.8, 4) is 5.75 Å². The van der Waals surface area contributed by atoms with Crippen LogP contribution in [-0.2, 0) is 4.79 Å². The van der Waals surface area contributed by atoms with Crippen molar-refractivity contribution in [3.05, 3.63) is 59.4 Å². The van der Waals surface area contributed by atoms with Crippen molar-refractivity contribution in [2.24, 2.45) is 0 Å². The smallest absolute Gasteiger partial charge is 0.262 e. The number of ether oxygens (including phenoxy) is 1. The summed E-state index contributed by atoms with van der Waals surface area (Å²) in [6.45, 7) is 3.72. The average molecular weight is 273 g/mol. The molecule has 0 saturated heterocycles. The first kappa shape index (κ1) is 14.1. The van der Waals surface area contributed by atoms with Crippen LogP contribution >= 0.6 is 0 Å². The molecule has 0 saturated carbocycles. The van der Waals surface area contributed by atoms with E-state index in [1.54, 1.807) is 6.07 Å². The number of rotatable bonds is 4. The summed E-state index contributed by atoms with van der Waals surface area (Å²) < 4.78 is 18.2. The second kappa shape index (κ2) is 6.19. The number of benzene rings is 2. The first-order valence-electron chi connectivity index (χ1n) is 6.30. The molecule has 0 bridgehead atoms. The first-order valence-corrected chi connectivity index (χ1v) is 6.30. The molecule has 0 fully saturated rings.